The lowest BCUT2D eigenvalue weighted by Gasteiger charge is -2.36. The Bertz CT molecular complexity index is 1120. The number of nitrogens with zero attached hydrogens (tertiary/aromatic N) is 6. The number of tetrazole rings is 1. The van der Waals surface area contributed by atoms with Crippen LogP contribution in [0.1, 0.15) is 5.01 Å². The van der Waals surface area contributed by atoms with Gasteiger partial charge in [-0.3, -0.25) is 4.90 Å². The molecule has 2 N–H and O–H groups in total. The smallest absolute Gasteiger partial charge is 0.206 e. The molecule has 2 aromatic carbocycles. The predicted molar refractivity (Wildman–Crippen MR) is 127 cm³/mol. The topological polar surface area (TPSA) is 95.1 Å². The van der Waals surface area contributed by atoms with Gasteiger partial charge in [0.25, 0.3) is 0 Å². The van der Waals surface area contributed by atoms with Crippen molar-refractivity contribution in [3.8, 4) is 11.4 Å². The Labute approximate surface area is 190 Å². The third-order valence-electron chi connectivity index (χ3n) is 5.63. The summed E-state index contributed by atoms with van der Waals surface area (Å²) in [5, 5.41) is 19.3. The van der Waals surface area contributed by atoms with Gasteiger partial charge in [-0.25, -0.2) is 4.98 Å². The fraction of sp³-hybridized carbons (Fsp3) is 0.364. The van der Waals surface area contributed by atoms with Crippen molar-refractivity contribution in [3.05, 3.63) is 47.5 Å². The molecule has 0 bridgehead atoms. The van der Waals surface area contributed by atoms with E-state index in [4.69, 9.17) is 9.72 Å². The van der Waals surface area contributed by atoms with Crippen LogP contribution in [-0.4, -0.2) is 76.9 Å². The number of ether oxygens (including phenoxy) is 1. The second-order valence-electron chi connectivity index (χ2n) is 7.73. The maximum atomic E-state index is 5.16. The zero-order valence-corrected chi connectivity index (χ0v) is 18.8. The molecule has 0 unspecified atom stereocenters. The quantitative estimate of drug-likeness (QED) is 0.396. The Morgan fingerprint density at radius 1 is 1.12 bits per heavy atom. The fourth-order valence-corrected chi connectivity index (χ4v) is 5.00. The molecule has 0 saturated carbocycles. The number of benzene rings is 2. The summed E-state index contributed by atoms with van der Waals surface area (Å²) in [4.78, 5) is 9.68. The summed E-state index contributed by atoms with van der Waals surface area (Å²) in [6, 6.07) is 14.6. The van der Waals surface area contributed by atoms with Crippen molar-refractivity contribution in [1.29, 1.82) is 0 Å². The van der Waals surface area contributed by atoms with E-state index in [9.17, 15) is 0 Å². The summed E-state index contributed by atoms with van der Waals surface area (Å²) in [5.74, 6) is 0.611. The van der Waals surface area contributed by atoms with E-state index in [1.165, 1.54) is 9.71 Å². The number of aromatic amines is 1. The second-order valence-corrected chi connectivity index (χ2v) is 8.84. The van der Waals surface area contributed by atoms with Crippen LogP contribution in [0, 0.1) is 0 Å². The lowest BCUT2D eigenvalue weighted by Crippen LogP contribution is -2.46. The number of aromatic nitrogens is 5. The number of piperazine rings is 1. The predicted octanol–water partition coefficient (Wildman–Crippen LogP) is 2.86. The van der Waals surface area contributed by atoms with E-state index < -0.39 is 0 Å². The normalized spacial score (nSPS) is 14.8. The number of hydrogen-bond acceptors (Lipinski definition) is 9. The molecule has 0 radical (unpaired) electrons. The van der Waals surface area contributed by atoms with Gasteiger partial charge in [0.1, 0.15) is 5.01 Å². The first-order valence-corrected chi connectivity index (χ1v) is 11.5. The largest absolute Gasteiger partial charge is 0.383 e. The molecule has 0 spiro atoms. The minimum atomic E-state index is 0.611. The van der Waals surface area contributed by atoms with Crippen molar-refractivity contribution in [2.75, 3.05) is 56.7 Å². The third kappa shape index (κ3) is 4.57. The van der Waals surface area contributed by atoms with Crippen LogP contribution in [0.25, 0.3) is 21.6 Å². The van der Waals surface area contributed by atoms with Crippen LogP contribution in [-0.2, 0) is 11.3 Å². The standard InChI is InChI=1S/C22H26N8OS/c1-31-13-8-23-16-6-7-17(22-25-27-28-26-22)19(14-16)30-11-9-29(10-12-30)15-21-24-18-4-2-3-5-20(18)32-21/h2-7,14,23H,8-13,15H2,1H3,(H,25,26,27,28). The molecule has 9 nitrogen and oxygen atoms in total. The summed E-state index contributed by atoms with van der Waals surface area (Å²) >= 11 is 1.79. The lowest BCUT2D eigenvalue weighted by atomic mass is 10.1. The average molecular weight is 451 g/mol. The highest BCUT2D eigenvalue weighted by Gasteiger charge is 2.22. The molecule has 10 heteroatoms. The van der Waals surface area contributed by atoms with Crippen LogP contribution in [0.5, 0.6) is 0 Å². The highest BCUT2D eigenvalue weighted by atomic mass is 32.1. The lowest BCUT2D eigenvalue weighted by molar-refractivity contribution is 0.211. The Kier molecular flexibility index (Phi) is 6.24. The maximum absolute atomic E-state index is 5.16. The molecule has 166 valence electrons. The molecule has 0 amide bonds. The van der Waals surface area contributed by atoms with E-state index >= 15 is 0 Å². The number of methoxy groups -OCH3 is 1. The van der Waals surface area contributed by atoms with E-state index in [2.05, 4.69) is 66.1 Å². The molecule has 4 aromatic rings. The molecule has 1 fully saturated rings. The van der Waals surface area contributed by atoms with Crippen LogP contribution in [0.2, 0.25) is 0 Å². The van der Waals surface area contributed by atoms with Gasteiger partial charge in [-0.05, 0) is 35.5 Å². The van der Waals surface area contributed by atoms with Gasteiger partial charge in [0.2, 0.25) is 5.82 Å². The van der Waals surface area contributed by atoms with Gasteiger partial charge in [-0.1, -0.05) is 12.1 Å². The molecule has 0 atom stereocenters. The van der Waals surface area contributed by atoms with Crippen LogP contribution >= 0.6 is 11.3 Å². The van der Waals surface area contributed by atoms with Crippen molar-refractivity contribution in [1.82, 2.24) is 30.5 Å². The maximum Gasteiger partial charge on any atom is 0.206 e. The Balaban J connectivity index is 1.29. The molecule has 32 heavy (non-hydrogen) atoms. The number of anilines is 2. The summed E-state index contributed by atoms with van der Waals surface area (Å²) < 4.78 is 6.41. The number of para-hydroxylation sites is 1. The molecular weight excluding hydrogens is 424 g/mol. The van der Waals surface area contributed by atoms with Crippen LogP contribution in [0.15, 0.2) is 42.5 Å². The summed E-state index contributed by atoms with van der Waals surface area (Å²) in [6.07, 6.45) is 0. The fourth-order valence-electron chi connectivity index (χ4n) is 3.99. The molecule has 5 rings (SSSR count). The summed E-state index contributed by atoms with van der Waals surface area (Å²) in [7, 11) is 1.71. The van der Waals surface area contributed by atoms with Gasteiger partial charge < -0.3 is 15.0 Å². The van der Waals surface area contributed by atoms with Crippen molar-refractivity contribution >= 4 is 32.9 Å². The number of H-pyrrole nitrogens is 1. The SMILES string of the molecule is COCCNc1ccc(-c2nn[nH]n2)c(N2CCN(Cc3nc4ccccc4s3)CC2)c1. The monoisotopic (exact) mass is 450 g/mol. The van der Waals surface area contributed by atoms with Crippen LogP contribution in [0.4, 0.5) is 11.4 Å². The molecule has 1 aliphatic heterocycles. The first-order valence-electron chi connectivity index (χ1n) is 10.7. The molecule has 0 aliphatic carbocycles. The Morgan fingerprint density at radius 3 is 2.78 bits per heavy atom. The summed E-state index contributed by atoms with van der Waals surface area (Å²) in [5.41, 5.74) is 4.25. The third-order valence-corrected chi connectivity index (χ3v) is 6.65. The van der Waals surface area contributed by atoms with E-state index in [0.717, 1.165) is 61.7 Å². The van der Waals surface area contributed by atoms with E-state index in [-0.39, 0.29) is 0 Å². The van der Waals surface area contributed by atoms with Crippen molar-refractivity contribution in [3.63, 3.8) is 0 Å². The zero-order valence-electron chi connectivity index (χ0n) is 18.0. The van der Waals surface area contributed by atoms with Crippen molar-refractivity contribution in [2.45, 2.75) is 6.54 Å². The first kappa shape index (κ1) is 20.8. The number of fused-ring (bicyclic) bond motifs is 1. The number of thiazole rings is 1. The molecule has 3 heterocycles. The highest BCUT2D eigenvalue weighted by Crippen LogP contribution is 2.32. The number of rotatable bonds is 8. The Morgan fingerprint density at radius 2 is 2.00 bits per heavy atom. The summed E-state index contributed by atoms with van der Waals surface area (Å²) in [6.45, 7) is 6.11. The molecule has 2 aromatic heterocycles. The van der Waals surface area contributed by atoms with Gasteiger partial charge in [0.15, 0.2) is 0 Å². The van der Waals surface area contributed by atoms with Gasteiger partial charge in [-0.2, -0.15) is 5.21 Å². The van der Waals surface area contributed by atoms with Gasteiger partial charge >= 0.3 is 0 Å². The first-order chi connectivity index (χ1) is 15.8. The van der Waals surface area contributed by atoms with Crippen LogP contribution < -0.4 is 10.2 Å². The minimum Gasteiger partial charge on any atom is -0.383 e. The molecule has 1 saturated heterocycles. The number of hydrogen-bond donors (Lipinski definition) is 2. The highest BCUT2D eigenvalue weighted by molar-refractivity contribution is 7.18. The van der Waals surface area contributed by atoms with Crippen LogP contribution in [0.3, 0.4) is 0 Å². The van der Waals surface area contributed by atoms with E-state index in [1.807, 2.05) is 12.1 Å². The average Bonchev–Trinajstić information content (AvgIpc) is 3.49. The van der Waals surface area contributed by atoms with Crippen molar-refractivity contribution < 1.29 is 4.74 Å². The second kappa shape index (κ2) is 9.60. The van der Waals surface area contributed by atoms with Gasteiger partial charge in [0, 0.05) is 51.1 Å². The van der Waals surface area contributed by atoms with E-state index in [1.54, 1.807) is 18.4 Å². The molecule has 1 aliphatic rings. The minimum absolute atomic E-state index is 0.611. The number of nitrogens with one attached hydrogen (secondary N) is 2. The van der Waals surface area contributed by atoms with Crippen molar-refractivity contribution in [2.24, 2.45) is 0 Å². The zero-order chi connectivity index (χ0) is 21.8. The van der Waals surface area contributed by atoms with E-state index in [0.29, 0.717) is 12.4 Å². The Hall–Kier alpha value is -3.08. The van der Waals surface area contributed by atoms with Gasteiger partial charge in [0.05, 0.1) is 29.1 Å². The molecular formula is C22H26N8OS. The van der Waals surface area contributed by atoms with Gasteiger partial charge in [-0.15, -0.1) is 21.5 Å².